The Bertz CT molecular complexity index is 724. The van der Waals surface area contributed by atoms with Crippen molar-refractivity contribution in [2.75, 3.05) is 5.32 Å². The zero-order chi connectivity index (χ0) is 18.3. The second kappa shape index (κ2) is 6.00. The van der Waals surface area contributed by atoms with E-state index in [2.05, 4.69) is 5.32 Å². The Morgan fingerprint density at radius 2 is 1.54 bits per heavy atom. The summed E-state index contributed by atoms with van der Waals surface area (Å²) in [5, 5.41) is 13.7. The highest BCUT2D eigenvalue weighted by Gasteiger charge is 2.27. The minimum absolute atomic E-state index is 0.173. The lowest BCUT2D eigenvalue weighted by molar-refractivity contribution is 0.102. The molecule has 24 heavy (non-hydrogen) atoms. The lowest BCUT2D eigenvalue weighted by Crippen LogP contribution is -2.21. The standard InChI is InChI=1S/C20H28N2O2/c1-19(2,3)14-11-13(12-15(17(14)23)20(4,5)6)18(24)21-16-9-8-10-22(16)7/h8-12,23H,1-7H3,(H,21,24). The predicted molar refractivity (Wildman–Crippen MR) is 98.9 cm³/mol. The van der Waals surface area contributed by atoms with Crippen LogP contribution in [0, 0.1) is 0 Å². The third-order valence-corrected chi connectivity index (χ3v) is 4.17. The molecule has 130 valence electrons. The van der Waals surface area contributed by atoms with Gasteiger partial charge in [0.25, 0.3) is 5.91 Å². The van der Waals surface area contributed by atoms with Crippen molar-refractivity contribution in [1.82, 2.24) is 4.57 Å². The number of phenols is 1. The summed E-state index contributed by atoms with van der Waals surface area (Å²) in [5.74, 6) is 0.848. The first-order chi connectivity index (χ1) is 10.9. The number of anilines is 1. The molecule has 0 saturated heterocycles. The van der Waals surface area contributed by atoms with Crippen molar-refractivity contribution >= 4 is 11.7 Å². The Kier molecular flexibility index (Phi) is 4.53. The van der Waals surface area contributed by atoms with Gasteiger partial charge in [0.1, 0.15) is 11.6 Å². The fourth-order valence-electron chi connectivity index (χ4n) is 2.69. The van der Waals surface area contributed by atoms with Crippen molar-refractivity contribution < 1.29 is 9.90 Å². The zero-order valence-corrected chi connectivity index (χ0v) is 15.7. The average molecular weight is 328 g/mol. The summed E-state index contributed by atoms with van der Waals surface area (Å²) in [7, 11) is 1.88. The van der Waals surface area contributed by atoms with Gasteiger partial charge in [0.05, 0.1) is 0 Å². The molecule has 0 aliphatic heterocycles. The molecule has 2 aromatic rings. The van der Waals surface area contributed by atoms with Crippen molar-refractivity contribution in [3.05, 3.63) is 47.2 Å². The van der Waals surface area contributed by atoms with Crippen LogP contribution in [0.2, 0.25) is 0 Å². The second-order valence-electron chi connectivity index (χ2n) is 8.38. The lowest BCUT2D eigenvalue weighted by Gasteiger charge is -2.28. The first kappa shape index (κ1) is 18.1. The van der Waals surface area contributed by atoms with Gasteiger partial charge in [0, 0.05) is 29.9 Å². The molecule has 4 heteroatoms. The summed E-state index contributed by atoms with van der Waals surface area (Å²) in [6.07, 6.45) is 1.88. The number of carbonyl (C=O) groups is 1. The number of nitrogens with zero attached hydrogens (tertiary/aromatic N) is 1. The molecule has 0 unspecified atom stereocenters. The molecule has 0 atom stereocenters. The molecule has 1 aromatic carbocycles. The van der Waals surface area contributed by atoms with Gasteiger partial charge in [-0.25, -0.2) is 0 Å². The van der Waals surface area contributed by atoms with Crippen molar-refractivity contribution in [1.29, 1.82) is 0 Å². The molecule has 0 saturated carbocycles. The molecule has 4 nitrogen and oxygen atoms in total. The minimum atomic E-state index is -0.259. The van der Waals surface area contributed by atoms with Crippen LogP contribution < -0.4 is 5.32 Å². The van der Waals surface area contributed by atoms with Crippen molar-refractivity contribution in [3.63, 3.8) is 0 Å². The van der Waals surface area contributed by atoms with E-state index >= 15 is 0 Å². The Balaban J connectivity index is 2.54. The molecule has 2 rings (SSSR count). The van der Waals surface area contributed by atoms with Crippen LogP contribution in [-0.2, 0) is 17.9 Å². The van der Waals surface area contributed by atoms with E-state index in [0.717, 1.165) is 16.9 Å². The first-order valence-electron chi connectivity index (χ1n) is 8.22. The van der Waals surface area contributed by atoms with E-state index < -0.39 is 0 Å². The topological polar surface area (TPSA) is 54.3 Å². The van der Waals surface area contributed by atoms with E-state index in [1.165, 1.54) is 0 Å². The van der Waals surface area contributed by atoms with Gasteiger partial charge in [-0.2, -0.15) is 0 Å². The average Bonchev–Trinajstić information content (AvgIpc) is 2.81. The summed E-state index contributed by atoms with van der Waals surface area (Å²) in [5.41, 5.74) is 1.61. The summed E-state index contributed by atoms with van der Waals surface area (Å²) in [4.78, 5) is 12.7. The highest BCUT2D eigenvalue weighted by molar-refractivity contribution is 6.04. The van der Waals surface area contributed by atoms with Gasteiger partial charge in [-0.05, 0) is 35.1 Å². The van der Waals surface area contributed by atoms with Crippen LogP contribution in [0.25, 0.3) is 0 Å². The van der Waals surface area contributed by atoms with Gasteiger partial charge in [0.15, 0.2) is 0 Å². The Morgan fingerprint density at radius 3 is 1.92 bits per heavy atom. The van der Waals surface area contributed by atoms with E-state index in [0.29, 0.717) is 5.56 Å². The molecular weight excluding hydrogens is 300 g/mol. The van der Waals surface area contributed by atoms with Gasteiger partial charge in [-0.1, -0.05) is 41.5 Å². The molecule has 0 aliphatic rings. The third kappa shape index (κ3) is 3.64. The van der Waals surface area contributed by atoms with Crippen LogP contribution in [0.5, 0.6) is 5.75 Å². The molecule has 2 N–H and O–H groups in total. The fourth-order valence-corrected chi connectivity index (χ4v) is 2.69. The van der Waals surface area contributed by atoms with E-state index in [1.54, 1.807) is 12.1 Å². The van der Waals surface area contributed by atoms with Gasteiger partial charge < -0.3 is 15.0 Å². The Labute approximate surface area is 144 Å². The van der Waals surface area contributed by atoms with E-state index in [4.69, 9.17) is 0 Å². The van der Waals surface area contributed by atoms with Crippen LogP contribution in [0.15, 0.2) is 30.5 Å². The highest BCUT2D eigenvalue weighted by atomic mass is 16.3. The largest absolute Gasteiger partial charge is 0.507 e. The first-order valence-corrected chi connectivity index (χ1v) is 8.22. The Hall–Kier alpha value is -2.23. The summed E-state index contributed by atoms with van der Waals surface area (Å²) in [6, 6.07) is 7.33. The molecule has 0 bridgehead atoms. The van der Waals surface area contributed by atoms with Gasteiger partial charge in [-0.15, -0.1) is 0 Å². The van der Waals surface area contributed by atoms with Crippen LogP contribution >= 0.6 is 0 Å². The predicted octanol–water partition coefficient (Wildman–Crippen LogP) is 4.58. The van der Waals surface area contributed by atoms with Gasteiger partial charge >= 0.3 is 0 Å². The third-order valence-electron chi connectivity index (χ3n) is 4.17. The molecule has 1 amide bonds. The van der Waals surface area contributed by atoms with E-state index in [-0.39, 0.29) is 22.5 Å². The van der Waals surface area contributed by atoms with Crippen LogP contribution in [0.1, 0.15) is 63.0 Å². The SMILES string of the molecule is Cn1cccc1NC(=O)c1cc(C(C)(C)C)c(O)c(C(C)(C)C)c1. The molecule has 1 heterocycles. The fraction of sp³-hybridized carbons (Fsp3) is 0.450. The number of hydrogen-bond acceptors (Lipinski definition) is 2. The lowest BCUT2D eigenvalue weighted by atomic mass is 9.78. The number of aromatic hydroxyl groups is 1. The summed E-state index contributed by atoms with van der Waals surface area (Å²) >= 11 is 0. The molecule has 0 fully saturated rings. The summed E-state index contributed by atoms with van der Waals surface area (Å²) in [6.45, 7) is 12.2. The minimum Gasteiger partial charge on any atom is -0.507 e. The normalized spacial score (nSPS) is 12.3. The quantitative estimate of drug-likeness (QED) is 0.848. The molecule has 1 aromatic heterocycles. The van der Waals surface area contributed by atoms with Crippen LogP contribution in [0.3, 0.4) is 0 Å². The van der Waals surface area contributed by atoms with Crippen LogP contribution in [-0.4, -0.2) is 15.6 Å². The Morgan fingerprint density at radius 1 is 1.04 bits per heavy atom. The van der Waals surface area contributed by atoms with E-state index in [1.807, 2.05) is 71.5 Å². The number of nitrogens with one attached hydrogen (secondary N) is 1. The van der Waals surface area contributed by atoms with Crippen molar-refractivity contribution in [3.8, 4) is 5.75 Å². The molecule has 0 radical (unpaired) electrons. The van der Waals surface area contributed by atoms with Crippen LogP contribution in [0.4, 0.5) is 5.82 Å². The maximum absolute atomic E-state index is 12.7. The number of rotatable bonds is 2. The molecule has 0 spiro atoms. The molecule has 0 aliphatic carbocycles. The number of amides is 1. The second-order valence-corrected chi connectivity index (χ2v) is 8.38. The van der Waals surface area contributed by atoms with Crippen molar-refractivity contribution in [2.24, 2.45) is 7.05 Å². The number of aryl methyl sites for hydroxylation is 1. The monoisotopic (exact) mass is 328 g/mol. The highest BCUT2D eigenvalue weighted by Crippen LogP contribution is 2.39. The number of benzene rings is 1. The van der Waals surface area contributed by atoms with Gasteiger partial charge in [0.2, 0.25) is 0 Å². The smallest absolute Gasteiger partial charge is 0.256 e. The van der Waals surface area contributed by atoms with Gasteiger partial charge in [-0.3, -0.25) is 4.79 Å². The number of phenolic OH excluding ortho intramolecular Hbond substituents is 1. The van der Waals surface area contributed by atoms with Crippen molar-refractivity contribution in [2.45, 2.75) is 52.4 Å². The number of aromatic nitrogens is 1. The zero-order valence-electron chi connectivity index (χ0n) is 15.7. The summed E-state index contributed by atoms with van der Waals surface area (Å²) < 4.78 is 1.85. The molecular formula is C20H28N2O2. The number of hydrogen-bond donors (Lipinski definition) is 2. The van der Waals surface area contributed by atoms with E-state index in [9.17, 15) is 9.90 Å². The maximum atomic E-state index is 12.7. The number of carbonyl (C=O) groups excluding carboxylic acids is 1. The maximum Gasteiger partial charge on any atom is 0.256 e.